The van der Waals surface area contributed by atoms with Crippen molar-refractivity contribution >= 4 is 11.2 Å². The second kappa shape index (κ2) is 3.62. The van der Waals surface area contributed by atoms with E-state index >= 15 is 0 Å². The molecule has 0 amide bonds. The highest BCUT2D eigenvalue weighted by Crippen LogP contribution is 2.46. The van der Waals surface area contributed by atoms with Gasteiger partial charge in [-0.25, -0.2) is 4.98 Å². The molecule has 0 saturated heterocycles. The summed E-state index contributed by atoms with van der Waals surface area (Å²) in [5.74, 6) is -0.0186. The number of pyridine rings is 1. The minimum atomic E-state index is -3.65. The van der Waals surface area contributed by atoms with Gasteiger partial charge in [0.25, 0.3) is 0 Å². The van der Waals surface area contributed by atoms with Gasteiger partial charge in [-0.3, -0.25) is 0 Å². The van der Waals surface area contributed by atoms with Gasteiger partial charge in [-0.15, -0.1) is 13.9 Å². The van der Waals surface area contributed by atoms with E-state index in [1.54, 1.807) is 18.2 Å². The van der Waals surface area contributed by atoms with Crippen molar-refractivity contribution in [1.82, 2.24) is 20.4 Å². The highest BCUT2D eigenvalue weighted by atomic mass is 19.3. The number of hydrogen-bond acceptors (Lipinski definition) is 5. The molecule has 1 aromatic carbocycles. The average Bonchev–Trinajstić information content (AvgIpc) is 2.98. The fourth-order valence-corrected chi connectivity index (χ4v) is 2.08. The first kappa shape index (κ1) is 11.1. The number of para-hydroxylation sites is 1. The van der Waals surface area contributed by atoms with Gasteiger partial charge in [-0.2, -0.15) is 10.3 Å². The highest BCUT2D eigenvalue weighted by molar-refractivity contribution is 5.81. The molecule has 0 bridgehead atoms. The Morgan fingerprint density at radius 2 is 2.05 bits per heavy atom. The molecule has 2 aromatic heterocycles. The lowest BCUT2D eigenvalue weighted by atomic mass is 10.1. The first-order valence-corrected chi connectivity index (χ1v) is 5.68. The monoisotopic (exact) mass is 276 g/mol. The van der Waals surface area contributed by atoms with Crippen LogP contribution in [0.5, 0.6) is 11.5 Å². The molecule has 0 atom stereocenters. The van der Waals surface area contributed by atoms with E-state index in [1.165, 1.54) is 12.3 Å². The predicted octanol–water partition coefficient (Wildman–Crippen LogP) is 2.34. The SMILES string of the molecule is FC1(F)Oc2cccc(-c3cnc4n[nH]nc4c3)c2O1. The summed E-state index contributed by atoms with van der Waals surface area (Å²) in [4.78, 5) is 4.09. The van der Waals surface area contributed by atoms with Crippen LogP contribution >= 0.6 is 0 Å². The Morgan fingerprint density at radius 3 is 2.95 bits per heavy atom. The van der Waals surface area contributed by atoms with Crippen molar-refractivity contribution in [3.8, 4) is 22.6 Å². The quantitative estimate of drug-likeness (QED) is 0.738. The molecule has 1 aliphatic rings. The molecule has 20 heavy (non-hydrogen) atoms. The zero-order valence-corrected chi connectivity index (χ0v) is 9.80. The van der Waals surface area contributed by atoms with Gasteiger partial charge in [0.1, 0.15) is 5.52 Å². The van der Waals surface area contributed by atoms with Crippen molar-refractivity contribution in [1.29, 1.82) is 0 Å². The fourth-order valence-electron chi connectivity index (χ4n) is 2.08. The number of rotatable bonds is 1. The Kier molecular flexibility index (Phi) is 2.01. The standard InChI is InChI=1S/C12H6F2N4O2/c13-12(14)19-9-3-1-2-7(10(9)20-12)6-4-8-11(15-5-6)17-18-16-8/h1-5H,(H,15,16,17,18). The van der Waals surface area contributed by atoms with Gasteiger partial charge in [0.2, 0.25) is 5.65 Å². The number of halogens is 2. The Hall–Kier alpha value is -2.77. The molecule has 1 aliphatic heterocycles. The van der Waals surface area contributed by atoms with Crippen LogP contribution in [0, 0.1) is 0 Å². The number of ether oxygens (including phenoxy) is 2. The van der Waals surface area contributed by atoms with Crippen molar-refractivity contribution < 1.29 is 18.3 Å². The Morgan fingerprint density at radius 1 is 1.15 bits per heavy atom. The number of fused-ring (bicyclic) bond motifs is 2. The van der Waals surface area contributed by atoms with E-state index in [-0.39, 0.29) is 11.5 Å². The van der Waals surface area contributed by atoms with Gasteiger partial charge in [0, 0.05) is 17.3 Å². The highest BCUT2D eigenvalue weighted by Gasteiger charge is 2.44. The van der Waals surface area contributed by atoms with Crippen molar-refractivity contribution in [2.45, 2.75) is 6.29 Å². The minimum Gasteiger partial charge on any atom is -0.395 e. The fraction of sp³-hybridized carbons (Fsp3) is 0.0833. The molecule has 4 rings (SSSR count). The number of aromatic nitrogens is 4. The topological polar surface area (TPSA) is 72.9 Å². The van der Waals surface area contributed by atoms with E-state index in [2.05, 4.69) is 29.9 Å². The van der Waals surface area contributed by atoms with Crippen molar-refractivity contribution in [2.75, 3.05) is 0 Å². The predicted molar refractivity (Wildman–Crippen MR) is 63.3 cm³/mol. The summed E-state index contributed by atoms with van der Waals surface area (Å²) in [5, 5.41) is 10.2. The van der Waals surface area contributed by atoms with Crippen molar-refractivity contribution in [3.63, 3.8) is 0 Å². The minimum absolute atomic E-state index is 0.00671. The molecule has 3 aromatic rings. The number of alkyl halides is 2. The lowest BCUT2D eigenvalue weighted by Crippen LogP contribution is -2.26. The average molecular weight is 276 g/mol. The van der Waals surface area contributed by atoms with E-state index in [0.717, 1.165) is 0 Å². The van der Waals surface area contributed by atoms with Gasteiger partial charge in [-0.05, 0) is 12.1 Å². The van der Waals surface area contributed by atoms with Crippen LogP contribution < -0.4 is 9.47 Å². The molecule has 0 aliphatic carbocycles. The lowest BCUT2D eigenvalue weighted by molar-refractivity contribution is -0.286. The Balaban J connectivity index is 1.89. The number of aromatic amines is 1. The molecule has 8 heteroatoms. The summed E-state index contributed by atoms with van der Waals surface area (Å²) in [7, 11) is 0. The second-order valence-corrected chi connectivity index (χ2v) is 4.19. The van der Waals surface area contributed by atoms with Crippen LogP contribution in [0.25, 0.3) is 22.3 Å². The maximum atomic E-state index is 13.1. The number of nitrogens with zero attached hydrogens (tertiary/aromatic N) is 3. The summed E-state index contributed by atoms with van der Waals surface area (Å²) in [6.07, 6.45) is -2.13. The number of H-pyrrole nitrogens is 1. The van der Waals surface area contributed by atoms with Gasteiger partial charge in [-0.1, -0.05) is 12.1 Å². The molecule has 100 valence electrons. The first-order valence-electron chi connectivity index (χ1n) is 5.68. The van der Waals surface area contributed by atoms with Crippen molar-refractivity contribution in [3.05, 3.63) is 30.5 Å². The molecule has 1 N–H and O–H groups in total. The largest absolute Gasteiger partial charge is 0.586 e. The van der Waals surface area contributed by atoms with E-state index in [1.807, 2.05) is 0 Å². The summed E-state index contributed by atoms with van der Waals surface area (Å²) >= 11 is 0. The van der Waals surface area contributed by atoms with Crippen LogP contribution in [0.4, 0.5) is 8.78 Å². The van der Waals surface area contributed by atoms with Gasteiger partial charge < -0.3 is 9.47 Å². The Labute approximate surface area is 110 Å². The molecule has 6 nitrogen and oxygen atoms in total. The van der Waals surface area contributed by atoms with Gasteiger partial charge in [0.05, 0.1) is 0 Å². The van der Waals surface area contributed by atoms with Crippen LogP contribution in [0.2, 0.25) is 0 Å². The van der Waals surface area contributed by atoms with E-state index in [4.69, 9.17) is 0 Å². The third kappa shape index (κ3) is 1.58. The van der Waals surface area contributed by atoms with Crippen LogP contribution in [-0.4, -0.2) is 26.7 Å². The second-order valence-electron chi connectivity index (χ2n) is 4.19. The third-order valence-corrected chi connectivity index (χ3v) is 2.91. The maximum absolute atomic E-state index is 13.1. The number of nitrogens with one attached hydrogen (secondary N) is 1. The Bertz CT molecular complexity index is 818. The molecular weight excluding hydrogens is 270 g/mol. The molecule has 3 heterocycles. The molecule has 0 spiro atoms. The van der Waals surface area contributed by atoms with Crippen LogP contribution in [0.15, 0.2) is 30.5 Å². The van der Waals surface area contributed by atoms with Crippen LogP contribution in [0.1, 0.15) is 0 Å². The van der Waals surface area contributed by atoms with Gasteiger partial charge in [0.15, 0.2) is 11.5 Å². The summed E-state index contributed by atoms with van der Waals surface area (Å²) < 4.78 is 35.3. The molecular formula is C12H6F2N4O2. The molecule has 0 fully saturated rings. The summed E-state index contributed by atoms with van der Waals surface area (Å²) in [6, 6.07) is 6.35. The van der Waals surface area contributed by atoms with E-state index in [0.29, 0.717) is 22.3 Å². The molecule has 0 saturated carbocycles. The third-order valence-electron chi connectivity index (χ3n) is 2.91. The molecule has 0 radical (unpaired) electrons. The van der Waals surface area contributed by atoms with Crippen molar-refractivity contribution in [2.24, 2.45) is 0 Å². The van der Waals surface area contributed by atoms with Crippen LogP contribution in [0.3, 0.4) is 0 Å². The number of benzene rings is 1. The molecule has 0 unspecified atom stereocenters. The van der Waals surface area contributed by atoms with Crippen LogP contribution in [-0.2, 0) is 0 Å². The number of hydrogen-bond donors (Lipinski definition) is 1. The van der Waals surface area contributed by atoms with E-state index in [9.17, 15) is 8.78 Å². The lowest BCUT2D eigenvalue weighted by Gasteiger charge is -2.06. The maximum Gasteiger partial charge on any atom is 0.586 e. The summed E-state index contributed by atoms with van der Waals surface area (Å²) in [5.41, 5.74) is 2.02. The zero-order chi connectivity index (χ0) is 13.7. The summed E-state index contributed by atoms with van der Waals surface area (Å²) in [6.45, 7) is 0. The smallest absolute Gasteiger partial charge is 0.395 e. The first-order chi connectivity index (χ1) is 9.62. The zero-order valence-electron chi connectivity index (χ0n) is 9.80. The van der Waals surface area contributed by atoms with E-state index < -0.39 is 6.29 Å². The normalized spacial score (nSPS) is 15.7. The van der Waals surface area contributed by atoms with Gasteiger partial charge >= 0.3 is 6.29 Å².